The van der Waals surface area contributed by atoms with E-state index >= 15 is 0 Å². The van der Waals surface area contributed by atoms with E-state index in [4.69, 9.17) is 9.73 Å². The summed E-state index contributed by atoms with van der Waals surface area (Å²) in [6, 6.07) is 12.3. The second-order valence-corrected chi connectivity index (χ2v) is 11.0. The number of anilines is 1. The zero-order chi connectivity index (χ0) is 28.3. The average Bonchev–Trinajstić information content (AvgIpc) is 3.50. The number of pyridine rings is 1. The SMILES string of the molecule is CCNC(=NCc1ccccc1)NC[C@H]1CC[C@H](C(=O)Nc2c(COCC3C=CC=CC3)cnc3[nH]ccc23)CC1. The molecule has 2 aromatic heterocycles. The van der Waals surface area contributed by atoms with Crippen molar-refractivity contribution in [3.8, 4) is 0 Å². The standard InChI is InChI=1S/C33H42N6O2/c1-2-34-33(37-19-24-9-5-3-6-10-24)38-20-25-13-15-27(16-14-25)32(40)39-30-28(21-36-31-29(30)17-18-35-31)23-41-22-26-11-7-4-8-12-26/h3-11,17-18,21,25-27H,2,12-16,19-20,22-23H2,1H3,(H2,34,37,38)(H2,35,36,39,40)/t25-,26?,27-. The smallest absolute Gasteiger partial charge is 0.227 e. The van der Waals surface area contributed by atoms with Crippen LogP contribution in [-0.2, 0) is 22.7 Å². The van der Waals surface area contributed by atoms with Gasteiger partial charge in [-0.25, -0.2) is 9.98 Å². The number of rotatable bonds is 11. The van der Waals surface area contributed by atoms with Gasteiger partial charge in [0.25, 0.3) is 0 Å². The summed E-state index contributed by atoms with van der Waals surface area (Å²) in [5.74, 6) is 1.83. The van der Waals surface area contributed by atoms with Gasteiger partial charge in [0, 0.05) is 48.3 Å². The largest absolute Gasteiger partial charge is 0.376 e. The minimum absolute atomic E-state index is 0.00123. The van der Waals surface area contributed by atoms with Gasteiger partial charge < -0.3 is 25.7 Å². The molecule has 3 aromatic rings. The number of hydrogen-bond donors (Lipinski definition) is 4. The molecule has 1 fully saturated rings. The van der Waals surface area contributed by atoms with E-state index in [0.29, 0.717) is 31.6 Å². The topological polar surface area (TPSA) is 103 Å². The molecule has 41 heavy (non-hydrogen) atoms. The van der Waals surface area contributed by atoms with Crippen LogP contribution in [0.3, 0.4) is 0 Å². The van der Waals surface area contributed by atoms with Crippen LogP contribution in [0.25, 0.3) is 11.0 Å². The number of nitrogens with one attached hydrogen (secondary N) is 4. The molecule has 1 amide bonds. The molecule has 0 bridgehead atoms. The highest BCUT2D eigenvalue weighted by Crippen LogP contribution is 2.32. The Morgan fingerprint density at radius 3 is 2.73 bits per heavy atom. The summed E-state index contributed by atoms with van der Waals surface area (Å²) in [4.78, 5) is 25.9. The summed E-state index contributed by atoms with van der Waals surface area (Å²) in [6.07, 6.45) is 16.9. The molecule has 216 valence electrons. The third-order valence-electron chi connectivity index (χ3n) is 7.95. The van der Waals surface area contributed by atoms with Crippen LogP contribution in [0.5, 0.6) is 0 Å². The Labute approximate surface area is 242 Å². The van der Waals surface area contributed by atoms with Gasteiger partial charge in [-0.2, -0.15) is 0 Å². The molecule has 8 nitrogen and oxygen atoms in total. The fourth-order valence-corrected chi connectivity index (χ4v) is 5.57. The lowest BCUT2D eigenvalue weighted by Crippen LogP contribution is -2.40. The molecule has 1 saturated carbocycles. The van der Waals surface area contributed by atoms with E-state index in [1.807, 2.05) is 36.7 Å². The highest BCUT2D eigenvalue weighted by Gasteiger charge is 2.27. The van der Waals surface area contributed by atoms with E-state index in [9.17, 15) is 4.79 Å². The third-order valence-corrected chi connectivity index (χ3v) is 7.95. The van der Waals surface area contributed by atoms with Gasteiger partial charge in [0.15, 0.2) is 5.96 Å². The molecule has 0 spiro atoms. The summed E-state index contributed by atoms with van der Waals surface area (Å²) < 4.78 is 6.06. The van der Waals surface area contributed by atoms with Crippen molar-refractivity contribution in [2.45, 2.75) is 52.2 Å². The predicted octanol–water partition coefficient (Wildman–Crippen LogP) is 5.71. The van der Waals surface area contributed by atoms with Crippen LogP contribution in [-0.4, -0.2) is 41.5 Å². The minimum Gasteiger partial charge on any atom is -0.376 e. The van der Waals surface area contributed by atoms with Gasteiger partial charge in [0.1, 0.15) is 5.65 Å². The maximum absolute atomic E-state index is 13.4. The number of ether oxygens (including phenoxy) is 1. The lowest BCUT2D eigenvalue weighted by molar-refractivity contribution is -0.121. The van der Waals surface area contributed by atoms with Crippen LogP contribution in [0, 0.1) is 17.8 Å². The molecular formula is C33H42N6O2. The van der Waals surface area contributed by atoms with Crippen molar-refractivity contribution in [3.63, 3.8) is 0 Å². The molecule has 4 N–H and O–H groups in total. The number of amides is 1. The van der Waals surface area contributed by atoms with Crippen molar-refractivity contribution in [2.75, 3.05) is 25.0 Å². The second-order valence-electron chi connectivity index (χ2n) is 11.0. The van der Waals surface area contributed by atoms with Crippen LogP contribution >= 0.6 is 0 Å². The van der Waals surface area contributed by atoms with Crippen molar-refractivity contribution >= 4 is 28.6 Å². The molecular weight excluding hydrogens is 512 g/mol. The molecule has 2 aliphatic carbocycles. The first-order valence-electron chi connectivity index (χ1n) is 14.9. The first-order chi connectivity index (χ1) is 20.2. The molecule has 2 heterocycles. The molecule has 1 atom stereocenters. The number of nitrogens with zero attached hydrogens (tertiary/aromatic N) is 2. The quantitative estimate of drug-likeness (QED) is 0.180. The van der Waals surface area contributed by atoms with Crippen LogP contribution in [0.15, 0.2) is 78.1 Å². The second kappa shape index (κ2) is 14.6. The summed E-state index contributed by atoms with van der Waals surface area (Å²) >= 11 is 0. The lowest BCUT2D eigenvalue weighted by Gasteiger charge is -2.28. The van der Waals surface area contributed by atoms with Gasteiger partial charge in [0.2, 0.25) is 5.91 Å². The van der Waals surface area contributed by atoms with E-state index in [2.05, 4.69) is 69.3 Å². The fraction of sp³-hybridized carbons (Fsp3) is 0.424. The van der Waals surface area contributed by atoms with Crippen LogP contribution < -0.4 is 16.0 Å². The van der Waals surface area contributed by atoms with Crippen molar-refractivity contribution in [3.05, 3.63) is 84.2 Å². The number of aliphatic imine (C=N–C) groups is 1. The number of H-pyrrole nitrogens is 1. The van der Waals surface area contributed by atoms with Gasteiger partial charge >= 0.3 is 0 Å². The Balaban J connectivity index is 1.13. The van der Waals surface area contributed by atoms with Gasteiger partial charge in [-0.15, -0.1) is 0 Å². The number of fused-ring (bicyclic) bond motifs is 1. The fourth-order valence-electron chi connectivity index (χ4n) is 5.57. The Kier molecular flexibility index (Phi) is 10.2. The number of carbonyl (C=O) groups excluding carboxylic acids is 1. The van der Waals surface area contributed by atoms with Gasteiger partial charge in [-0.3, -0.25) is 4.79 Å². The molecule has 2 aliphatic rings. The van der Waals surface area contributed by atoms with E-state index in [-0.39, 0.29) is 11.8 Å². The maximum atomic E-state index is 13.4. The van der Waals surface area contributed by atoms with Gasteiger partial charge in [-0.05, 0) is 56.6 Å². The number of benzene rings is 1. The first kappa shape index (κ1) is 28.6. The van der Waals surface area contributed by atoms with Crippen molar-refractivity contribution < 1.29 is 9.53 Å². The number of carbonyl (C=O) groups is 1. The van der Waals surface area contributed by atoms with Crippen molar-refractivity contribution in [1.29, 1.82) is 0 Å². The Hall–Kier alpha value is -3.91. The summed E-state index contributed by atoms with van der Waals surface area (Å²) in [7, 11) is 0. The predicted molar refractivity (Wildman–Crippen MR) is 165 cm³/mol. The average molecular weight is 555 g/mol. The van der Waals surface area contributed by atoms with E-state index in [1.165, 1.54) is 5.56 Å². The monoisotopic (exact) mass is 554 g/mol. The molecule has 1 unspecified atom stereocenters. The lowest BCUT2D eigenvalue weighted by atomic mass is 9.81. The van der Waals surface area contributed by atoms with Gasteiger partial charge in [-0.1, -0.05) is 54.6 Å². The molecule has 0 saturated heterocycles. The minimum atomic E-state index is 0.00123. The number of aromatic nitrogens is 2. The van der Waals surface area contributed by atoms with Gasteiger partial charge in [0.05, 0.1) is 25.4 Å². The van der Waals surface area contributed by atoms with E-state index in [0.717, 1.165) is 73.4 Å². The molecule has 5 rings (SSSR count). The van der Waals surface area contributed by atoms with Crippen molar-refractivity contribution in [2.24, 2.45) is 22.7 Å². The maximum Gasteiger partial charge on any atom is 0.227 e. The number of allylic oxidation sites excluding steroid dienone is 3. The Bertz CT molecular complexity index is 1350. The van der Waals surface area contributed by atoms with E-state index in [1.54, 1.807) is 0 Å². The zero-order valence-corrected chi connectivity index (χ0v) is 23.9. The first-order valence-corrected chi connectivity index (χ1v) is 14.9. The summed E-state index contributed by atoms with van der Waals surface area (Å²) in [5, 5.41) is 11.0. The Morgan fingerprint density at radius 1 is 1.10 bits per heavy atom. The highest BCUT2D eigenvalue weighted by molar-refractivity contribution is 6.02. The number of guanidine groups is 1. The molecule has 0 radical (unpaired) electrons. The third kappa shape index (κ3) is 8.07. The Morgan fingerprint density at radius 2 is 1.95 bits per heavy atom. The number of aromatic amines is 1. The van der Waals surface area contributed by atoms with Crippen LogP contribution in [0.1, 0.15) is 50.2 Å². The molecule has 1 aromatic carbocycles. The van der Waals surface area contributed by atoms with E-state index < -0.39 is 0 Å². The van der Waals surface area contributed by atoms with Crippen LogP contribution in [0.2, 0.25) is 0 Å². The van der Waals surface area contributed by atoms with Crippen molar-refractivity contribution in [1.82, 2.24) is 20.6 Å². The molecule has 0 aliphatic heterocycles. The number of hydrogen-bond acceptors (Lipinski definition) is 4. The summed E-state index contributed by atoms with van der Waals surface area (Å²) in [6.45, 7) is 5.46. The normalized spacial score (nSPS) is 20.7. The summed E-state index contributed by atoms with van der Waals surface area (Å²) in [5.41, 5.74) is 3.68. The zero-order valence-electron chi connectivity index (χ0n) is 23.9. The molecule has 8 heteroatoms. The highest BCUT2D eigenvalue weighted by atomic mass is 16.5. The van der Waals surface area contributed by atoms with Crippen LogP contribution in [0.4, 0.5) is 5.69 Å².